The molecule has 3 nitrogen and oxygen atoms in total. The van der Waals surface area contributed by atoms with Crippen molar-refractivity contribution in [1.29, 1.82) is 0 Å². The van der Waals surface area contributed by atoms with Crippen LogP contribution < -0.4 is 14.4 Å². The molecule has 0 radical (unpaired) electrons. The fourth-order valence-corrected chi connectivity index (χ4v) is 9.89. The summed E-state index contributed by atoms with van der Waals surface area (Å²) in [5.74, 6) is 2.91. The minimum atomic E-state index is -0.439. The number of ether oxygens (including phenoxy) is 2. The van der Waals surface area contributed by atoms with Crippen LogP contribution in [0.3, 0.4) is 0 Å². The second-order valence-electron chi connectivity index (χ2n) is 15.5. The minimum Gasteiger partial charge on any atom is -0.449 e. The van der Waals surface area contributed by atoms with Crippen LogP contribution in [-0.2, 0) is 5.41 Å². The van der Waals surface area contributed by atoms with Crippen LogP contribution in [0.15, 0.2) is 206 Å². The van der Waals surface area contributed by atoms with Gasteiger partial charge in [0.05, 0.1) is 5.41 Å². The van der Waals surface area contributed by atoms with Gasteiger partial charge in [-0.3, -0.25) is 0 Å². The molecule has 3 heteroatoms. The van der Waals surface area contributed by atoms with Gasteiger partial charge in [-0.1, -0.05) is 158 Å². The van der Waals surface area contributed by atoms with Gasteiger partial charge >= 0.3 is 0 Å². The van der Waals surface area contributed by atoms with Crippen LogP contribution >= 0.6 is 0 Å². The number of hydrogen-bond donors (Lipinski definition) is 0. The molecule has 0 saturated carbocycles. The third-order valence-electron chi connectivity index (χ3n) is 12.4. The molecule has 3 aliphatic carbocycles. The van der Waals surface area contributed by atoms with Crippen LogP contribution in [0.1, 0.15) is 35.1 Å². The first-order valence-corrected chi connectivity index (χ1v) is 20.1. The monoisotopic (exact) mass is 743 g/mol. The second-order valence-corrected chi connectivity index (χ2v) is 15.5. The number of rotatable bonds is 5. The van der Waals surface area contributed by atoms with Crippen molar-refractivity contribution in [3.63, 3.8) is 0 Å². The highest BCUT2D eigenvalue weighted by Crippen LogP contribution is 2.66. The fourth-order valence-electron chi connectivity index (χ4n) is 9.89. The fraction of sp³-hybridized carbons (Fsp3) is 0.0545. The van der Waals surface area contributed by atoms with Gasteiger partial charge in [-0.2, -0.15) is 0 Å². The van der Waals surface area contributed by atoms with E-state index >= 15 is 0 Å². The van der Waals surface area contributed by atoms with Gasteiger partial charge in [0.1, 0.15) is 0 Å². The van der Waals surface area contributed by atoms with Gasteiger partial charge in [0, 0.05) is 28.7 Å². The van der Waals surface area contributed by atoms with E-state index in [9.17, 15) is 0 Å². The molecule has 0 amide bonds. The van der Waals surface area contributed by atoms with Crippen molar-refractivity contribution in [2.45, 2.75) is 18.3 Å². The highest BCUT2D eigenvalue weighted by atomic mass is 16.6. The number of anilines is 2. The largest absolute Gasteiger partial charge is 0.449 e. The van der Waals surface area contributed by atoms with Crippen molar-refractivity contribution < 1.29 is 9.47 Å². The molecular weight excluding hydrogens is 707 g/mol. The molecule has 8 aromatic rings. The Morgan fingerprint density at radius 2 is 0.983 bits per heavy atom. The minimum absolute atomic E-state index is 0.439. The average Bonchev–Trinajstić information content (AvgIpc) is 3.77. The van der Waals surface area contributed by atoms with Crippen molar-refractivity contribution in [3.8, 4) is 67.5 Å². The molecule has 0 atom stereocenters. The number of fused-ring (bicyclic) bond motifs is 13. The number of benzene rings is 8. The van der Waals surface area contributed by atoms with Crippen LogP contribution in [-0.4, -0.2) is 0 Å². The second kappa shape index (κ2) is 12.8. The smallest absolute Gasteiger partial charge is 0.178 e. The Labute approximate surface area is 338 Å². The van der Waals surface area contributed by atoms with Crippen molar-refractivity contribution in [3.05, 3.63) is 228 Å². The Balaban J connectivity index is 0.915. The molecule has 58 heavy (non-hydrogen) atoms. The van der Waals surface area contributed by atoms with Gasteiger partial charge in [-0.05, 0) is 110 Å². The molecule has 1 spiro atoms. The number of hydrogen-bond acceptors (Lipinski definition) is 3. The molecule has 0 saturated heterocycles. The van der Waals surface area contributed by atoms with Crippen molar-refractivity contribution in [2.24, 2.45) is 0 Å². The summed E-state index contributed by atoms with van der Waals surface area (Å²) in [6.45, 7) is 0. The third kappa shape index (κ3) is 4.80. The van der Waals surface area contributed by atoms with E-state index in [0.29, 0.717) is 11.5 Å². The lowest BCUT2D eigenvalue weighted by Gasteiger charge is -2.32. The first-order chi connectivity index (χ1) is 28.8. The maximum Gasteiger partial charge on any atom is 0.178 e. The quantitative estimate of drug-likeness (QED) is 0.175. The molecule has 0 aromatic heterocycles. The van der Waals surface area contributed by atoms with Crippen LogP contribution in [0, 0.1) is 0 Å². The molecule has 274 valence electrons. The van der Waals surface area contributed by atoms with E-state index in [1.807, 2.05) is 0 Å². The van der Waals surface area contributed by atoms with E-state index in [0.717, 1.165) is 41.3 Å². The van der Waals surface area contributed by atoms with E-state index in [1.165, 1.54) is 66.9 Å². The third-order valence-corrected chi connectivity index (χ3v) is 12.4. The summed E-state index contributed by atoms with van der Waals surface area (Å²) < 4.78 is 13.8. The Morgan fingerprint density at radius 1 is 0.431 bits per heavy atom. The van der Waals surface area contributed by atoms with E-state index in [-0.39, 0.29) is 0 Å². The maximum atomic E-state index is 6.97. The van der Waals surface area contributed by atoms with Crippen molar-refractivity contribution >= 4 is 11.4 Å². The molecule has 0 unspecified atom stereocenters. The lowest BCUT2D eigenvalue weighted by atomic mass is 9.70. The van der Waals surface area contributed by atoms with Crippen LogP contribution in [0.4, 0.5) is 11.4 Å². The molecule has 1 aliphatic heterocycles. The standard InChI is InChI=1S/C55H37NO2/c1-3-13-36(14-4-1)37-23-25-38(26-24-37)39-27-29-41(30-28-39)56(40-15-5-2-6-16-40)42-31-33-50-52(35-42)57-51-34-32-49-53(54(51)58-50)45-19-9-12-22-48(45)55(49)46-20-10-7-17-43(46)44-18-8-11-21-47(44)55/h1-5,7-15,17-35H,6,16H2. The highest BCUT2D eigenvalue weighted by molar-refractivity contribution is 5.98. The van der Waals surface area contributed by atoms with E-state index in [4.69, 9.17) is 9.47 Å². The molecule has 1 heterocycles. The lowest BCUT2D eigenvalue weighted by Crippen LogP contribution is -2.25. The van der Waals surface area contributed by atoms with Gasteiger partial charge in [-0.15, -0.1) is 0 Å². The number of allylic oxidation sites excluding steroid dienone is 4. The lowest BCUT2D eigenvalue weighted by molar-refractivity contribution is 0.360. The normalized spacial score (nSPS) is 14.5. The predicted octanol–water partition coefficient (Wildman–Crippen LogP) is 14.6. The summed E-state index contributed by atoms with van der Waals surface area (Å²) in [6.07, 6.45) is 8.55. The SMILES string of the molecule is C1=CCCC(N(c2ccc(-c3ccc(-c4ccccc4)cc3)cc2)c2ccc3c(c2)Oc2ccc4c(c2O3)-c2ccccc2C42c3ccccc3-c3ccccc32)=C1. The predicted molar refractivity (Wildman–Crippen MR) is 235 cm³/mol. The summed E-state index contributed by atoms with van der Waals surface area (Å²) in [7, 11) is 0. The zero-order chi connectivity index (χ0) is 38.2. The summed E-state index contributed by atoms with van der Waals surface area (Å²) in [4.78, 5) is 2.35. The van der Waals surface area contributed by atoms with Crippen molar-refractivity contribution in [2.75, 3.05) is 4.90 Å². The molecule has 8 aromatic carbocycles. The van der Waals surface area contributed by atoms with Crippen LogP contribution in [0.25, 0.3) is 44.5 Å². The Kier molecular flexibility index (Phi) is 7.27. The van der Waals surface area contributed by atoms with E-state index in [2.05, 4.69) is 205 Å². The van der Waals surface area contributed by atoms with Gasteiger partial charge < -0.3 is 14.4 Å². The molecule has 0 fully saturated rings. The molecular formula is C55H37NO2. The Bertz CT molecular complexity index is 2950. The topological polar surface area (TPSA) is 21.7 Å². The van der Waals surface area contributed by atoms with Crippen LogP contribution in [0.2, 0.25) is 0 Å². The molecule has 4 aliphatic rings. The summed E-state index contributed by atoms with van der Waals surface area (Å²) in [5, 5.41) is 0. The molecule has 0 bridgehead atoms. The average molecular weight is 744 g/mol. The Morgan fingerprint density at radius 3 is 1.64 bits per heavy atom. The number of nitrogens with zero attached hydrogens (tertiary/aromatic N) is 1. The summed E-state index contributed by atoms with van der Waals surface area (Å²) in [6, 6.07) is 65.6. The Hall–Kier alpha value is -7.36. The zero-order valence-electron chi connectivity index (χ0n) is 31.7. The summed E-state index contributed by atoms with van der Waals surface area (Å²) in [5.41, 5.74) is 17.7. The van der Waals surface area contributed by atoms with E-state index in [1.54, 1.807) is 0 Å². The highest BCUT2D eigenvalue weighted by Gasteiger charge is 2.53. The van der Waals surface area contributed by atoms with Gasteiger partial charge in [0.25, 0.3) is 0 Å². The van der Waals surface area contributed by atoms with Gasteiger partial charge in [-0.25, -0.2) is 0 Å². The van der Waals surface area contributed by atoms with Crippen molar-refractivity contribution in [1.82, 2.24) is 0 Å². The molecule has 12 rings (SSSR count). The summed E-state index contributed by atoms with van der Waals surface area (Å²) >= 11 is 0. The zero-order valence-corrected chi connectivity index (χ0v) is 31.7. The van der Waals surface area contributed by atoms with Gasteiger partial charge in [0.15, 0.2) is 23.0 Å². The van der Waals surface area contributed by atoms with E-state index < -0.39 is 5.41 Å². The first-order valence-electron chi connectivity index (χ1n) is 20.1. The van der Waals surface area contributed by atoms with Gasteiger partial charge in [0.2, 0.25) is 0 Å². The maximum absolute atomic E-state index is 6.97. The first kappa shape index (κ1) is 32.8. The van der Waals surface area contributed by atoms with Crippen LogP contribution in [0.5, 0.6) is 23.0 Å². The molecule has 0 N–H and O–H groups in total.